The van der Waals surface area contributed by atoms with Crippen molar-refractivity contribution >= 4 is 11.9 Å². The Balaban J connectivity index is 0.000000599. The molecule has 1 heterocycles. The Morgan fingerprint density at radius 3 is 1.97 bits per heavy atom. The predicted molar refractivity (Wildman–Crippen MR) is 141 cm³/mol. The zero-order valence-electron chi connectivity index (χ0n) is 21.2. The van der Waals surface area contributed by atoms with E-state index in [1.165, 1.54) is 11.1 Å². The maximum absolute atomic E-state index is 9.10. The molecule has 3 aromatic carbocycles. The molecule has 0 radical (unpaired) electrons. The molecule has 3 N–H and O–H groups in total. The first-order valence-electron chi connectivity index (χ1n) is 12.3. The number of ether oxygens (including phenoxy) is 4. The quantitative estimate of drug-likeness (QED) is 0.254. The SMILES string of the molecule is COc1ccccc1OCCNCC[C@@H]1CO[C@H](C(c2ccccc2)c2ccccc2)O1.O=C(O)C(=O)O. The molecule has 1 aliphatic heterocycles. The third-order valence-electron chi connectivity index (χ3n) is 5.79. The van der Waals surface area contributed by atoms with Crippen LogP contribution in [0, 0.1) is 0 Å². The molecule has 1 fully saturated rings. The summed E-state index contributed by atoms with van der Waals surface area (Å²) in [6.45, 7) is 2.79. The van der Waals surface area contributed by atoms with Gasteiger partial charge in [-0.3, -0.25) is 0 Å². The van der Waals surface area contributed by atoms with E-state index in [9.17, 15) is 0 Å². The molecule has 2 atom stereocenters. The minimum atomic E-state index is -1.82. The molecule has 9 nitrogen and oxygen atoms in total. The van der Waals surface area contributed by atoms with Gasteiger partial charge in [-0.05, 0) is 36.2 Å². The highest BCUT2D eigenvalue weighted by Gasteiger charge is 2.34. The molecule has 4 rings (SSSR count). The monoisotopic (exact) mass is 523 g/mol. The van der Waals surface area contributed by atoms with Crippen molar-refractivity contribution in [1.29, 1.82) is 0 Å². The van der Waals surface area contributed by atoms with Crippen LogP contribution in [-0.4, -0.2) is 68.0 Å². The molecular formula is C29H33NO8. The number of hydrogen-bond acceptors (Lipinski definition) is 7. The zero-order chi connectivity index (χ0) is 27.2. The molecule has 0 spiro atoms. The molecule has 1 saturated heterocycles. The summed E-state index contributed by atoms with van der Waals surface area (Å²) in [4.78, 5) is 18.2. The predicted octanol–water partition coefficient (Wildman–Crippen LogP) is 3.78. The average molecular weight is 524 g/mol. The van der Waals surface area contributed by atoms with Crippen LogP contribution in [-0.2, 0) is 19.1 Å². The van der Waals surface area contributed by atoms with Crippen LogP contribution in [0.4, 0.5) is 0 Å². The normalized spacial score (nSPS) is 16.4. The number of rotatable bonds is 11. The van der Waals surface area contributed by atoms with Gasteiger partial charge in [-0.25, -0.2) is 9.59 Å². The Hall–Kier alpha value is -3.92. The summed E-state index contributed by atoms with van der Waals surface area (Å²) >= 11 is 0. The van der Waals surface area contributed by atoms with Gasteiger partial charge in [0.25, 0.3) is 0 Å². The molecule has 0 bridgehead atoms. The van der Waals surface area contributed by atoms with E-state index in [-0.39, 0.29) is 18.3 Å². The van der Waals surface area contributed by atoms with Crippen molar-refractivity contribution < 1.29 is 38.7 Å². The minimum Gasteiger partial charge on any atom is -0.493 e. The number of aliphatic carboxylic acids is 2. The summed E-state index contributed by atoms with van der Waals surface area (Å²) in [5.74, 6) is -2.07. The van der Waals surface area contributed by atoms with Crippen molar-refractivity contribution in [2.75, 3.05) is 33.4 Å². The molecular weight excluding hydrogens is 490 g/mol. The van der Waals surface area contributed by atoms with Gasteiger partial charge in [-0.2, -0.15) is 0 Å². The smallest absolute Gasteiger partial charge is 0.414 e. The molecule has 202 valence electrons. The number of carbonyl (C=O) groups is 2. The lowest BCUT2D eigenvalue weighted by molar-refractivity contribution is -0.159. The topological polar surface area (TPSA) is 124 Å². The van der Waals surface area contributed by atoms with Crippen molar-refractivity contribution in [1.82, 2.24) is 5.32 Å². The first kappa shape index (κ1) is 28.6. The van der Waals surface area contributed by atoms with Crippen LogP contribution in [0.5, 0.6) is 11.5 Å². The molecule has 0 saturated carbocycles. The lowest BCUT2D eigenvalue weighted by Crippen LogP contribution is -2.27. The number of hydrogen-bond donors (Lipinski definition) is 3. The van der Waals surface area contributed by atoms with Gasteiger partial charge in [0.05, 0.1) is 25.7 Å². The highest BCUT2D eigenvalue weighted by molar-refractivity contribution is 6.27. The van der Waals surface area contributed by atoms with E-state index < -0.39 is 11.9 Å². The van der Waals surface area contributed by atoms with Crippen LogP contribution in [0.3, 0.4) is 0 Å². The van der Waals surface area contributed by atoms with Gasteiger partial charge in [0.2, 0.25) is 0 Å². The second-order valence-electron chi connectivity index (χ2n) is 8.41. The van der Waals surface area contributed by atoms with Crippen molar-refractivity contribution in [2.45, 2.75) is 24.7 Å². The van der Waals surface area contributed by atoms with Crippen LogP contribution in [0.2, 0.25) is 0 Å². The van der Waals surface area contributed by atoms with Gasteiger partial charge >= 0.3 is 11.9 Å². The summed E-state index contributed by atoms with van der Waals surface area (Å²) in [6.07, 6.45) is 0.692. The first-order chi connectivity index (χ1) is 18.5. The number of para-hydroxylation sites is 2. The highest BCUT2D eigenvalue weighted by Crippen LogP contribution is 2.34. The number of benzene rings is 3. The van der Waals surface area contributed by atoms with Crippen LogP contribution < -0.4 is 14.8 Å². The largest absolute Gasteiger partial charge is 0.493 e. The summed E-state index contributed by atoms with van der Waals surface area (Å²) in [5, 5.41) is 18.2. The fraction of sp³-hybridized carbons (Fsp3) is 0.310. The third-order valence-corrected chi connectivity index (χ3v) is 5.79. The van der Waals surface area contributed by atoms with E-state index >= 15 is 0 Å². The van der Waals surface area contributed by atoms with E-state index in [1.54, 1.807) is 7.11 Å². The number of methoxy groups -OCH3 is 1. The summed E-state index contributed by atoms with van der Waals surface area (Å²) < 4.78 is 23.5. The minimum absolute atomic E-state index is 0.0598. The third kappa shape index (κ3) is 8.88. The van der Waals surface area contributed by atoms with Gasteiger partial charge in [-0.15, -0.1) is 0 Å². The van der Waals surface area contributed by atoms with Gasteiger partial charge in [0, 0.05) is 6.54 Å². The van der Waals surface area contributed by atoms with Crippen LogP contribution in [0.1, 0.15) is 23.5 Å². The summed E-state index contributed by atoms with van der Waals surface area (Å²) in [6, 6.07) is 28.6. The molecule has 0 amide bonds. The fourth-order valence-electron chi connectivity index (χ4n) is 3.98. The number of nitrogens with one attached hydrogen (secondary N) is 1. The average Bonchev–Trinajstić information content (AvgIpc) is 3.40. The van der Waals surface area contributed by atoms with Gasteiger partial charge in [0.15, 0.2) is 17.8 Å². The highest BCUT2D eigenvalue weighted by atomic mass is 16.7. The van der Waals surface area contributed by atoms with Crippen LogP contribution in [0.15, 0.2) is 84.9 Å². The summed E-state index contributed by atoms with van der Waals surface area (Å²) in [5.41, 5.74) is 2.41. The van der Waals surface area contributed by atoms with E-state index in [4.69, 9.17) is 38.7 Å². The Labute approximate surface area is 221 Å². The van der Waals surface area contributed by atoms with Crippen molar-refractivity contribution in [3.05, 3.63) is 96.1 Å². The Morgan fingerprint density at radius 1 is 0.868 bits per heavy atom. The second-order valence-corrected chi connectivity index (χ2v) is 8.41. The lowest BCUT2D eigenvalue weighted by Gasteiger charge is -2.24. The standard InChI is InChI=1S/C27H31NO4.C2H2O4/c1-29-24-14-8-9-15-25(24)30-19-18-28-17-16-23-20-31-27(32-23)26(21-10-4-2-5-11-21)22-12-6-3-7-13-22;3-1(4)2(5)6/h2-15,23,26-28H,16-20H2,1H3;(H,3,4)(H,5,6)/t23-,27+;/m1./s1. The first-order valence-corrected chi connectivity index (χ1v) is 12.3. The molecule has 0 aromatic heterocycles. The molecule has 9 heteroatoms. The van der Waals surface area contributed by atoms with E-state index in [2.05, 4.69) is 53.8 Å². The fourth-order valence-corrected chi connectivity index (χ4v) is 3.98. The summed E-state index contributed by atoms with van der Waals surface area (Å²) in [7, 11) is 1.65. The van der Waals surface area contributed by atoms with Crippen molar-refractivity contribution in [2.24, 2.45) is 0 Å². The second kappa shape index (κ2) is 15.4. The van der Waals surface area contributed by atoms with Gasteiger partial charge < -0.3 is 34.5 Å². The molecule has 38 heavy (non-hydrogen) atoms. The Kier molecular flexibility index (Phi) is 11.6. The van der Waals surface area contributed by atoms with Gasteiger partial charge in [-0.1, -0.05) is 72.8 Å². The van der Waals surface area contributed by atoms with E-state index in [1.807, 2.05) is 36.4 Å². The maximum atomic E-state index is 9.10. The molecule has 1 aliphatic rings. The zero-order valence-corrected chi connectivity index (χ0v) is 21.2. The van der Waals surface area contributed by atoms with Crippen molar-refractivity contribution in [3.8, 4) is 11.5 Å². The lowest BCUT2D eigenvalue weighted by atomic mass is 9.91. The molecule has 0 unspecified atom stereocenters. The molecule has 3 aromatic rings. The van der Waals surface area contributed by atoms with Crippen LogP contribution in [0.25, 0.3) is 0 Å². The van der Waals surface area contributed by atoms with Gasteiger partial charge in [0.1, 0.15) is 6.61 Å². The number of carboxylic acid groups (broad SMARTS) is 2. The van der Waals surface area contributed by atoms with E-state index in [0.29, 0.717) is 13.2 Å². The van der Waals surface area contributed by atoms with Crippen molar-refractivity contribution in [3.63, 3.8) is 0 Å². The number of carboxylic acids is 2. The Morgan fingerprint density at radius 2 is 1.42 bits per heavy atom. The van der Waals surface area contributed by atoms with E-state index in [0.717, 1.165) is 31.0 Å². The van der Waals surface area contributed by atoms with Crippen LogP contribution >= 0.6 is 0 Å². The molecule has 0 aliphatic carbocycles. The maximum Gasteiger partial charge on any atom is 0.414 e. The Bertz CT molecular complexity index is 1070.